The zero-order valence-corrected chi connectivity index (χ0v) is 10.00. The van der Waals surface area contributed by atoms with E-state index in [0.717, 1.165) is 6.42 Å². The highest BCUT2D eigenvalue weighted by Gasteiger charge is 2.20. The first-order valence-electron chi connectivity index (χ1n) is 5.73. The predicted molar refractivity (Wildman–Crippen MR) is 64.2 cm³/mol. The van der Waals surface area contributed by atoms with Crippen LogP contribution in [0.25, 0.3) is 11.5 Å². The molecule has 5 heteroatoms. The molecular formula is C12H16N4O. The lowest BCUT2D eigenvalue weighted by Crippen LogP contribution is -2.25. The average molecular weight is 232 g/mol. The summed E-state index contributed by atoms with van der Waals surface area (Å²) in [7, 11) is 0. The van der Waals surface area contributed by atoms with Gasteiger partial charge in [0.05, 0.1) is 5.92 Å². The van der Waals surface area contributed by atoms with E-state index in [-0.39, 0.29) is 12.0 Å². The van der Waals surface area contributed by atoms with Crippen molar-refractivity contribution in [3.05, 3.63) is 30.3 Å². The molecule has 0 aliphatic rings. The summed E-state index contributed by atoms with van der Waals surface area (Å²) >= 11 is 0. The fourth-order valence-electron chi connectivity index (χ4n) is 1.56. The number of hydrogen-bond donors (Lipinski definition) is 1. The Kier molecular flexibility index (Phi) is 3.49. The van der Waals surface area contributed by atoms with Gasteiger partial charge in [0.2, 0.25) is 11.7 Å². The summed E-state index contributed by atoms with van der Waals surface area (Å²) in [5.41, 5.74) is 6.66. The van der Waals surface area contributed by atoms with E-state index < -0.39 is 0 Å². The van der Waals surface area contributed by atoms with Crippen LogP contribution in [0.1, 0.15) is 32.1 Å². The fraction of sp³-hybridized carbons (Fsp3) is 0.417. The molecule has 0 fully saturated rings. The van der Waals surface area contributed by atoms with Crippen molar-refractivity contribution in [1.82, 2.24) is 15.1 Å². The van der Waals surface area contributed by atoms with Gasteiger partial charge in [-0.05, 0) is 18.6 Å². The summed E-state index contributed by atoms with van der Waals surface area (Å²) in [5.74, 6) is 1.14. The second-order valence-corrected chi connectivity index (χ2v) is 4.03. The van der Waals surface area contributed by atoms with Gasteiger partial charge < -0.3 is 10.3 Å². The minimum Gasteiger partial charge on any atom is -0.339 e. The van der Waals surface area contributed by atoms with E-state index in [4.69, 9.17) is 10.3 Å². The molecule has 2 rings (SSSR count). The Morgan fingerprint density at radius 1 is 1.41 bits per heavy atom. The third-order valence-corrected chi connectivity index (χ3v) is 2.84. The van der Waals surface area contributed by atoms with Crippen LogP contribution < -0.4 is 5.73 Å². The predicted octanol–water partition coefficient (Wildman–Crippen LogP) is 1.97. The van der Waals surface area contributed by atoms with Crippen LogP contribution in [0.4, 0.5) is 0 Å². The molecule has 0 aliphatic carbocycles. The molecule has 0 bridgehead atoms. The molecule has 0 radical (unpaired) electrons. The summed E-state index contributed by atoms with van der Waals surface area (Å²) in [4.78, 5) is 8.50. The molecule has 0 spiro atoms. The van der Waals surface area contributed by atoms with Crippen LogP contribution in [-0.2, 0) is 0 Å². The Bertz CT molecular complexity index is 468. The van der Waals surface area contributed by atoms with Crippen LogP contribution in [0, 0.1) is 0 Å². The Balaban J connectivity index is 2.22. The first kappa shape index (κ1) is 11.7. The van der Waals surface area contributed by atoms with Crippen LogP contribution in [0.5, 0.6) is 0 Å². The molecule has 0 saturated heterocycles. The Morgan fingerprint density at radius 3 is 2.88 bits per heavy atom. The SMILES string of the molecule is CCC(N)C(C)c1nc(-c2ccccn2)no1. The number of pyridine rings is 1. The van der Waals surface area contributed by atoms with Crippen molar-refractivity contribution >= 4 is 0 Å². The second kappa shape index (κ2) is 5.05. The van der Waals surface area contributed by atoms with E-state index in [1.807, 2.05) is 32.0 Å². The maximum atomic E-state index is 5.95. The quantitative estimate of drug-likeness (QED) is 0.872. The highest BCUT2D eigenvalue weighted by molar-refractivity contribution is 5.47. The molecule has 2 aromatic rings. The third-order valence-electron chi connectivity index (χ3n) is 2.84. The minimum absolute atomic E-state index is 0.0343. The maximum Gasteiger partial charge on any atom is 0.231 e. The summed E-state index contributed by atoms with van der Waals surface area (Å²) < 4.78 is 5.22. The number of aromatic nitrogens is 3. The van der Waals surface area contributed by atoms with E-state index in [1.165, 1.54) is 0 Å². The van der Waals surface area contributed by atoms with Gasteiger partial charge in [0.25, 0.3) is 0 Å². The van der Waals surface area contributed by atoms with Crippen LogP contribution >= 0.6 is 0 Å². The van der Waals surface area contributed by atoms with Crippen molar-refractivity contribution < 1.29 is 4.52 Å². The van der Waals surface area contributed by atoms with Gasteiger partial charge in [0.15, 0.2) is 0 Å². The van der Waals surface area contributed by atoms with E-state index in [2.05, 4.69) is 15.1 Å². The average Bonchev–Trinajstić information content (AvgIpc) is 2.87. The van der Waals surface area contributed by atoms with Crippen LogP contribution in [0.15, 0.2) is 28.9 Å². The van der Waals surface area contributed by atoms with Crippen LogP contribution in [-0.4, -0.2) is 21.2 Å². The van der Waals surface area contributed by atoms with Gasteiger partial charge in [0.1, 0.15) is 5.69 Å². The fourth-order valence-corrected chi connectivity index (χ4v) is 1.56. The maximum absolute atomic E-state index is 5.95. The lowest BCUT2D eigenvalue weighted by molar-refractivity contribution is 0.340. The monoisotopic (exact) mass is 232 g/mol. The highest BCUT2D eigenvalue weighted by Crippen LogP contribution is 2.20. The van der Waals surface area contributed by atoms with Gasteiger partial charge in [-0.1, -0.05) is 25.1 Å². The first-order valence-corrected chi connectivity index (χ1v) is 5.73. The van der Waals surface area contributed by atoms with E-state index in [1.54, 1.807) is 6.20 Å². The van der Waals surface area contributed by atoms with Crippen molar-refractivity contribution in [2.45, 2.75) is 32.2 Å². The van der Waals surface area contributed by atoms with Gasteiger partial charge >= 0.3 is 0 Å². The molecule has 2 N–H and O–H groups in total. The summed E-state index contributed by atoms with van der Waals surface area (Å²) in [6.07, 6.45) is 2.58. The largest absolute Gasteiger partial charge is 0.339 e. The molecule has 2 atom stereocenters. The number of rotatable bonds is 4. The molecule has 0 saturated carbocycles. The number of nitrogens with zero attached hydrogens (tertiary/aromatic N) is 3. The van der Waals surface area contributed by atoms with Gasteiger partial charge in [-0.25, -0.2) is 0 Å². The third kappa shape index (κ3) is 2.50. The molecule has 2 heterocycles. The molecular weight excluding hydrogens is 216 g/mol. The van der Waals surface area contributed by atoms with Gasteiger partial charge in [-0.2, -0.15) is 4.98 Å². The normalized spacial score (nSPS) is 14.5. The molecule has 90 valence electrons. The number of nitrogens with two attached hydrogens (primary N) is 1. The molecule has 2 unspecified atom stereocenters. The topological polar surface area (TPSA) is 77.8 Å². The van der Waals surface area contributed by atoms with E-state index in [0.29, 0.717) is 17.4 Å². The Hall–Kier alpha value is -1.75. The molecule has 0 amide bonds. The van der Waals surface area contributed by atoms with Crippen molar-refractivity contribution in [3.8, 4) is 11.5 Å². The van der Waals surface area contributed by atoms with Gasteiger partial charge in [0, 0.05) is 12.2 Å². The van der Waals surface area contributed by atoms with Crippen LogP contribution in [0.3, 0.4) is 0 Å². The Labute approximate surface area is 100 Å². The highest BCUT2D eigenvalue weighted by atomic mass is 16.5. The first-order chi connectivity index (χ1) is 8.22. The van der Waals surface area contributed by atoms with Crippen molar-refractivity contribution in [1.29, 1.82) is 0 Å². The van der Waals surface area contributed by atoms with E-state index >= 15 is 0 Å². The molecule has 0 aliphatic heterocycles. The minimum atomic E-state index is 0.0343. The summed E-state index contributed by atoms with van der Waals surface area (Å²) in [5, 5.41) is 3.92. The molecule has 2 aromatic heterocycles. The molecule has 5 nitrogen and oxygen atoms in total. The zero-order valence-electron chi connectivity index (χ0n) is 10.00. The summed E-state index contributed by atoms with van der Waals surface area (Å²) in [6, 6.07) is 5.62. The van der Waals surface area contributed by atoms with Crippen molar-refractivity contribution in [3.63, 3.8) is 0 Å². The Morgan fingerprint density at radius 2 is 2.24 bits per heavy atom. The lowest BCUT2D eigenvalue weighted by Gasteiger charge is -2.13. The standard InChI is InChI=1S/C12H16N4O/c1-3-9(13)8(2)12-15-11(16-17-12)10-6-4-5-7-14-10/h4-9H,3,13H2,1-2H3. The van der Waals surface area contributed by atoms with Crippen LogP contribution in [0.2, 0.25) is 0 Å². The lowest BCUT2D eigenvalue weighted by atomic mass is 10.0. The van der Waals surface area contributed by atoms with Gasteiger partial charge in [-0.15, -0.1) is 0 Å². The summed E-state index contributed by atoms with van der Waals surface area (Å²) in [6.45, 7) is 4.03. The van der Waals surface area contributed by atoms with Gasteiger partial charge in [-0.3, -0.25) is 4.98 Å². The molecule has 17 heavy (non-hydrogen) atoms. The van der Waals surface area contributed by atoms with Crippen molar-refractivity contribution in [2.75, 3.05) is 0 Å². The second-order valence-electron chi connectivity index (χ2n) is 4.03. The van der Waals surface area contributed by atoms with Crippen molar-refractivity contribution in [2.24, 2.45) is 5.73 Å². The van der Waals surface area contributed by atoms with E-state index in [9.17, 15) is 0 Å². The smallest absolute Gasteiger partial charge is 0.231 e. The number of hydrogen-bond acceptors (Lipinski definition) is 5. The molecule has 0 aromatic carbocycles. The zero-order chi connectivity index (χ0) is 12.3.